The highest BCUT2D eigenvalue weighted by atomic mass is 16.5. The molecule has 2 aliphatic carbocycles. The van der Waals surface area contributed by atoms with E-state index < -0.39 is 5.97 Å². The lowest BCUT2D eigenvalue weighted by Crippen LogP contribution is -2.32. The smallest absolute Gasteiger partial charge is 0.338 e. The van der Waals surface area contributed by atoms with Crippen molar-refractivity contribution in [3.8, 4) is 0 Å². The number of rotatable bonds is 8. The molecular formula is C28H32N6O4. The number of carbonyl (C=O) groups excluding carboxylic acids is 3. The van der Waals surface area contributed by atoms with Crippen molar-refractivity contribution in [2.45, 2.75) is 57.9 Å². The van der Waals surface area contributed by atoms with Gasteiger partial charge in [0.05, 0.1) is 11.6 Å². The van der Waals surface area contributed by atoms with E-state index in [2.05, 4.69) is 32.3 Å². The molecule has 0 spiro atoms. The van der Waals surface area contributed by atoms with Crippen molar-refractivity contribution in [3.63, 3.8) is 0 Å². The van der Waals surface area contributed by atoms with E-state index in [0.717, 1.165) is 36.0 Å². The molecule has 1 aromatic carbocycles. The zero-order valence-corrected chi connectivity index (χ0v) is 21.5. The van der Waals surface area contributed by atoms with E-state index in [1.165, 1.54) is 42.2 Å². The fourth-order valence-corrected chi connectivity index (χ4v) is 5.51. The summed E-state index contributed by atoms with van der Waals surface area (Å²) in [5, 5.41) is 10.2. The van der Waals surface area contributed by atoms with Crippen molar-refractivity contribution in [1.82, 2.24) is 30.2 Å². The molecule has 1 atom stereocenters. The summed E-state index contributed by atoms with van der Waals surface area (Å²) in [7, 11) is 0. The fraction of sp³-hybridized carbons (Fsp3) is 0.429. The second kappa shape index (κ2) is 11.1. The van der Waals surface area contributed by atoms with Crippen LogP contribution in [0.5, 0.6) is 0 Å². The highest BCUT2D eigenvalue weighted by Crippen LogP contribution is 2.35. The predicted octanol–water partition coefficient (Wildman–Crippen LogP) is 3.50. The van der Waals surface area contributed by atoms with Crippen LogP contribution in [0.15, 0.2) is 37.2 Å². The Labute approximate surface area is 220 Å². The molecule has 10 heteroatoms. The Morgan fingerprint density at radius 1 is 1.16 bits per heavy atom. The molecule has 2 amide bonds. The maximum Gasteiger partial charge on any atom is 0.338 e. The average Bonchev–Trinajstić information content (AvgIpc) is 3.58. The van der Waals surface area contributed by atoms with Crippen LogP contribution in [0.3, 0.4) is 0 Å². The Kier molecular flexibility index (Phi) is 7.48. The molecule has 0 bridgehead atoms. The number of fused-ring (bicyclic) bond motifs is 2. The first-order valence-corrected chi connectivity index (χ1v) is 13.2. The molecule has 198 valence electrons. The number of esters is 1. The van der Waals surface area contributed by atoms with Crippen LogP contribution in [0.4, 0.5) is 0 Å². The van der Waals surface area contributed by atoms with Gasteiger partial charge in [-0.1, -0.05) is 38.0 Å². The maximum atomic E-state index is 13.4. The molecule has 0 radical (unpaired) electrons. The fourth-order valence-electron chi connectivity index (χ4n) is 5.51. The molecular weight excluding hydrogens is 484 g/mol. The van der Waals surface area contributed by atoms with Gasteiger partial charge in [0.1, 0.15) is 24.3 Å². The molecule has 1 fully saturated rings. The number of nitrogens with zero attached hydrogens (tertiary/aromatic N) is 4. The molecule has 2 aromatic heterocycles. The molecule has 0 aliphatic heterocycles. The predicted molar refractivity (Wildman–Crippen MR) is 140 cm³/mol. The molecule has 2 heterocycles. The van der Waals surface area contributed by atoms with Crippen molar-refractivity contribution in [2.24, 2.45) is 5.92 Å². The number of hydrogen-bond acceptors (Lipinski definition) is 7. The minimum Gasteiger partial charge on any atom is -0.458 e. The van der Waals surface area contributed by atoms with Crippen LogP contribution < -0.4 is 10.6 Å². The quantitative estimate of drug-likeness (QED) is 0.346. The number of ether oxygens (including phenoxy) is 1. The molecule has 3 aromatic rings. The third-order valence-corrected chi connectivity index (χ3v) is 7.54. The van der Waals surface area contributed by atoms with Crippen LogP contribution in [0.1, 0.15) is 92.6 Å². The minimum atomic E-state index is -0.391. The molecule has 1 saturated carbocycles. The molecule has 2 N–H and O–H groups in total. The Bertz CT molecular complexity index is 1390. The number of nitrogens with one attached hydrogen (secondary N) is 2. The molecule has 0 saturated heterocycles. The maximum absolute atomic E-state index is 13.4. The van der Waals surface area contributed by atoms with E-state index in [1.807, 2.05) is 13.0 Å². The molecule has 10 nitrogen and oxygen atoms in total. The van der Waals surface area contributed by atoms with Gasteiger partial charge < -0.3 is 15.4 Å². The second-order valence-electron chi connectivity index (χ2n) is 9.97. The summed E-state index contributed by atoms with van der Waals surface area (Å²) >= 11 is 0. The second-order valence-corrected chi connectivity index (χ2v) is 9.97. The lowest BCUT2D eigenvalue weighted by molar-refractivity contribution is 0.0548. The number of carbonyl (C=O) groups is 3. The highest BCUT2D eigenvalue weighted by Gasteiger charge is 2.29. The monoisotopic (exact) mass is 516 g/mol. The van der Waals surface area contributed by atoms with E-state index >= 15 is 0 Å². The summed E-state index contributed by atoms with van der Waals surface area (Å²) in [5.41, 5.74) is 3.69. The average molecular weight is 517 g/mol. The summed E-state index contributed by atoms with van der Waals surface area (Å²) in [4.78, 5) is 47.2. The Hall–Kier alpha value is -4.08. The van der Waals surface area contributed by atoms with Crippen LogP contribution in [0.2, 0.25) is 0 Å². The Morgan fingerprint density at radius 2 is 1.97 bits per heavy atom. The first kappa shape index (κ1) is 25.6. The van der Waals surface area contributed by atoms with E-state index in [9.17, 15) is 14.4 Å². The SMILES string of the molecule is C=CCOC(=O)c1ccc2c(c1C)CC[C@@H]2NC(=O)c1cc(C(=O)NCC2CCCCC2)nc2ncnn12. The summed E-state index contributed by atoms with van der Waals surface area (Å²) in [5.74, 6) is -0.437. The topological polar surface area (TPSA) is 128 Å². The van der Waals surface area contributed by atoms with Gasteiger partial charge in [0, 0.05) is 12.6 Å². The van der Waals surface area contributed by atoms with Crippen LogP contribution in [-0.2, 0) is 11.2 Å². The van der Waals surface area contributed by atoms with Gasteiger partial charge >= 0.3 is 5.97 Å². The molecule has 5 rings (SSSR count). The minimum absolute atomic E-state index is 0.136. The van der Waals surface area contributed by atoms with Crippen LogP contribution in [-0.4, -0.2) is 50.5 Å². The van der Waals surface area contributed by atoms with Gasteiger partial charge in [-0.15, -0.1) is 0 Å². The number of benzene rings is 1. The third kappa shape index (κ3) is 5.16. The standard InChI is InChI=1S/C28H32N6O4/c1-3-13-38-27(37)20-9-10-21-19(17(20)2)11-12-22(21)32-26(36)24-14-23(33-28-30-16-31-34(24)28)25(35)29-15-18-7-5-4-6-8-18/h3,9-10,14,16,18,22H,1,4-8,11-13,15H2,2H3,(H,29,35)(H,32,36)/t22-/m0/s1. The van der Waals surface area contributed by atoms with Crippen LogP contribution in [0, 0.1) is 12.8 Å². The van der Waals surface area contributed by atoms with Gasteiger partial charge in [-0.05, 0) is 61.3 Å². The zero-order valence-electron chi connectivity index (χ0n) is 21.5. The van der Waals surface area contributed by atoms with Crippen molar-refractivity contribution in [1.29, 1.82) is 0 Å². The van der Waals surface area contributed by atoms with E-state index in [0.29, 0.717) is 24.4 Å². The van der Waals surface area contributed by atoms with E-state index in [1.54, 1.807) is 6.07 Å². The lowest BCUT2D eigenvalue weighted by atomic mass is 9.89. The Balaban J connectivity index is 1.33. The van der Waals surface area contributed by atoms with Gasteiger partial charge in [-0.25, -0.2) is 9.78 Å². The normalized spacial score (nSPS) is 17.1. The van der Waals surface area contributed by atoms with Gasteiger partial charge in [0.2, 0.25) is 0 Å². The van der Waals surface area contributed by atoms with Crippen LogP contribution in [0.25, 0.3) is 5.78 Å². The van der Waals surface area contributed by atoms with Gasteiger partial charge in [-0.2, -0.15) is 14.6 Å². The summed E-state index contributed by atoms with van der Waals surface area (Å²) in [6, 6.07) is 4.82. The summed E-state index contributed by atoms with van der Waals surface area (Å²) in [6.45, 7) is 6.22. The number of amides is 2. The van der Waals surface area contributed by atoms with Crippen molar-refractivity contribution in [3.05, 3.63) is 70.8 Å². The van der Waals surface area contributed by atoms with Gasteiger partial charge in [0.15, 0.2) is 0 Å². The molecule has 2 aliphatic rings. The van der Waals surface area contributed by atoms with Gasteiger partial charge in [-0.3, -0.25) is 9.59 Å². The number of aromatic nitrogens is 4. The number of hydrogen-bond donors (Lipinski definition) is 2. The lowest BCUT2D eigenvalue weighted by Gasteiger charge is -2.21. The van der Waals surface area contributed by atoms with E-state index in [-0.39, 0.29) is 41.6 Å². The zero-order chi connectivity index (χ0) is 26.6. The first-order valence-electron chi connectivity index (χ1n) is 13.2. The van der Waals surface area contributed by atoms with Gasteiger partial charge in [0.25, 0.3) is 17.6 Å². The van der Waals surface area contributed by atoms with Crippen molar-refractivity contribution in [2.75, 3.05) is 13.2 Å². The van der Waals surface area contributed by atoms with Crippen molar-refractivity contribution >= 4 is 23.6 Å². The third-order valence-electron chi connectivity index (χ3n) is 7.54. The van der Waals surface area contributed by atoms with Crippen molar-refractivity contribution < 1.29 is 19.1 Å². The molecule has 38 heavy (non-hydrogen) atoms. The van der Waals surface area contributed by atoms with E-state index in [4.69, 9.17) is 4.74 Å². The first-order chi connectivity index (χ1) is 18.5. The summed E-state index contributed by atoms with van der Waals surface area (Å²) < 4.78 is 6.54. The summed E-state index contributed by atoms with van der Waals surface area (Å²) in [6.07, 6.45) is 10.1. The molecule has 0 unspecified atom stereocenters. The Morgan fingerprint density at radius 3 is 2.76 bits per heavy atom. The van der Waals surface area contributed by atoms with Crippen LogP contribution >= 0.6 is 0 Å². The largest absolute Gasteiger partial charge is 0.458 e. The highest BCUT2D eigenvalue weighted by molar-refractivity contribution is 5.98.